The largest absolute Gasteiger partial charge is 0.322 e. The average molecular weight is 480 g/mol. The summed E-state index contributed by atoms with van der Waals surface area (Å²) in [6, 6.07) is 20.6. The first-order valence-electron chi connectivity index (χ1n) is 9.97. The summed E-state index contributed by atoms with van der Waals surface area (Å²) in [4.78, 5) is 31.7. The maximum absolute atomic E-state index is 12.8. The van der Waals surface area contributed by atoms with Crippen LogP contribution in [0.25, 0.3) is 43.9 Å². The first-order chi connectivity index (χ1) is 15.7. The highest BCUT2D eigenvalue weighted by Gasteiger charge is 2.15. The van der Waals surface area contributed by atoms with Gasteiger partial charge in [-0.15, -0.1) is 0 Å². The zero-order valence-corrected chi connectivity index (χ0v) is 18.2. The Morgan fingerprint density at radius 1 is 0.719 bits per heavy atom. The molecule has 0 unspecified atom stereocenters. The van der Waals surface area contributed by atoms with E-state index in [1.165, 1.54) is 0 Å². The predicted octanol–water partition coefficient (Wildman–Crippen LogP) is 5.89. The molecule has 3 heterocycles. The second-order valence-corrected chi connectivity index (χ2v) is 8.30. The normalized spacial score (nSPS) is 11.4. The fourth-order valence-electron chi connectivity index (χ4n) is 3.92. The third kappa shape index (κ3) is 3.06. The Hall–Kier alpha value is -3.97. The molecule has 3 aromatic heterocycles. The number of nitrogens with one attached hydrogen (secondary N) is 1. The first-order valence-corrected chi connectivity index (χ1v) is 10.8. The van der Waals surface area contributed by atoms with Gasteiger partial charge < -0.3 is 5.32 Å². The van der Waals surface area contributed by atoms with Gasteiger partial charge in [0.2, 0.25) is 0 Å². The predicted molar refractivity (Wildman–Crippen MR) is 130 cm³/mol. The Morgan fingerprint density at radius 2 is 1.41 bits per heavy atom. The van der Waals surface area contributed by atoms with Crippen LogP contribution in [0, 0.1) is 0 Å². The maximum atomic E-state index is 12.8. The van der Waals surface area contributed by atoms with Crippen LogP contribution in [0.2, 0.25) is 0 Å². The smallest absolute Gasteiger partial charge is 0.255 e. The molecule has 152 valence electrons. The molecular formula is C25H14BrN5O. The van der Waals surface area contributed by atoms with Gasteiger partial charge in [0.25, 0.3) is 5.91 Å². The van der Waals surface area contributed by atoms with Crippen molar-refractivity contribution in [1.29, 1.82) is 0 Å². The minimum absolute atomic E-state index is 0.213. The quantitative estimate of drug-likeness (QED) is 0.247. The van der Waals surface area contributed by atoms with E-state index >= 15 is 0 Å². The number of fused-ring (bicyclic) bond motifs is 7. The molecule has 1 amide bonds. The molecule has 7 heteroatoms. The number of amides is 1. The Bertz CT molecular complexity index is 1700. The third-order valence-corrected chi connectivity index (χ3v) is 5.86. The van der Waals surface area contributed by atoms with Crippen LogP contribution in [0.1, 0.15) is 10.4 Å². The number of nitrogens with zero attached hydrogens (tertiary/aromatic N) is 4. The number of benzene rings is 3. The van der Waals surface area contributed by atoms with Gasteiger partial charge in [-0.25, -0.2) is 9.97 Å². The van der Waals surface area contributed by atoms with Crippen molar-refractivity contribution in [1.82, 2.24) is 19.9 Å². The lowest BCUT2D eigenvalue weighted by Gasteiger charge is -2.10. The summed E-state index contributed by atoms with van der Waals surface area (Å²) in [7, 11) is 0. The SMILES string of the molecule is O=C(Nc1cccc(Br)c1)c1ccc2nc3c4ncccc4c4cccnc4c3nc2c1. The maximum Gasteiger partial charge on any atom is 0.255 e. The molecule has 0 radical (unpaired) electrons. The van der Waals surface area contributed by atoms with E-state index in [9.17, 15) is 4.79 Å². The summed E-state index contributed by atoms with van der Waals surface area (Å²) < 4.78 is 0.895. The van der Waals surface area contributed by atoms with Gasteiger partial charge in [0.15, 0.2) is 0 Å². The van der Waals surface area contributed by atoms with Crippen molar-refractivity contribution in [2.24, 2.45) is 0 Å². The van der Waals surface area contributed by atoms with Crippen LogP contribution in [-0.2, 0) is 0 Å². The van der Waals surface area contributed by atoms with Gasteiger partial charge in [0, 0.05) is 38.9 Å². The number of rotatable bonds is 2. The third-order valence-electron chi connectivity index (χ3n) is 5.36. The number of anilines is 1. The van der Waals surface area contributed by atoms with E-state index in [2.05, 4.69) is 31.2 Å². The van der Waals surface area contributed by atoms with E-state index in [1.807, 2.05) is 54.6 Å². The molecule has 0 aliphatic rings. The van der Waals surface area contributed by atoms with Crippen LogP contribution in [0.3, 0.4) is 0 Å². The van der Waals surface area contributed by atoms with Crippen molar-refractivity contribution in [2.75, 3.05) is 5.32 Å². The first kappa shape index (κ1) is 18.8. The molecule has 6 rings (SSSR count). The van der Waals surface area contributed by atoms with E-state index in [0.29, 0.717) is 33.3 Å². The lowest BCUT2D eigenvalue weighted by Crippen LogP contribution is -2.11. The number of aromatic nitrogens is 4. The molecule has 1 N–H and O–H groups in total. The molecule has 0 aliphatic heterocycles. The standard InChI is InChI=1S/C25H14BrN5O/c26-15-4-1-5-16(13-15)29-25(32)14-8-9-19-20(12-14)31-24-22-18(7-3-11-28-22)17-6-2-10-27-21(17)23(24)30-19/h1-13H,(H,29,32). The number of pyridine rings is 2. The Balaban J connectivity index is 1.54. The number of carbonyl (C=O) groups is 1. The second-order valence-electron chi connectivity index (χ2n) is 7.39. The number of halogens is 1. The van der Waals surface area contributed by atoms with Gasteiger partial charge in [-0.3, -0.25) is 14.8 Å². The minimum Gasteiger partial charge on any atom is -0.322 e. The van der Waals surface area contributed by atoms with Crippen molar-refractivity contribution < 1.29 is 4.79 Å². The fraction of sp³-hybridized carbons (Fsp3) is 0. The molecule has 6 aromatic rings. The van der Waals surface area contributed by atoms with Crippen LogP contribution >= 0.6 is 15.9 Å². The van der Waals surface area contributed by atoms with Gasteiger partial charge in [-0.05, 0) is 48.5 Å². The lowest BCUT2D eigenvalue weighted by atomic mass is 10.1. The topological polar surface area (TPSA) is 80.7 Å². The van der Waals surface area contributed by atoms with Gasteiger partial charge in [-0.1, -0.05) is 34.1 Å². The summed E-state index contributed by atoms with van der Waals surface area (Å²) in [5.74, 6) is -0.213. The van der Waals surface area contributed by atoms with Crippen LogP contribution < -0.4 is 5.32 Å². The summed E-state index contributed by atoms with van der Waals surface area (Å²) >= 11 is 3.42. The van der Waals surface area contributed by atoms with Crippen LogP contribution in [0.5, 0.6) is 0 Å². The van der Waals surface area contributed by atoms with Gasteiger partial charge >= 0.3 is 0 Å². The summed E-state index contributed by atoms with van der Waals surface area (Å²) in [6.07, 6.45) is 3.50. The summed E-state index contributed by atoms with van der Waals surface area (Å²) in [6.45, 7) is 0. The van der Waals surface area contributed by atoms with E-state index in [-0.39, 0.29) is 5.91 Å². The Morgan fingerprint density at radius 3 is 2.09 bits per heavy atom. The fourth-order valence-corrected chi connectivity index (χ4v) is 4.32. The van der Waals surface area contributed by atoms with E-state index in [4.69, 9.17) is 9.97 Å². The minimum atomic E-state index is -0.213. The lowest BCUT2D eigenvalue weighted by molar-refractivity contribution is 0.102. The zero-order chi connectivity index (χ0) is 21.7. The molecular weight excluding hydrogens is 466 g/mol. The summed E-state index contributed by atoms with van der Waals surface area (Å²) in [5, 5.41) is 4.88. The van der Waals surface area contributed by atoms with Crippen molar-refractivity contribution in [3.63, 3.8) is 0 Å². The monoisotopic (exact) mass is 479 g/mol. The molecule has 0 fully saturated rings. The zero-order valence-electron chi connectivity index (χ0n) is 16.6. The van der Waals surface area contributed by atoms with Crippen molar-refractivity contribution in [3.05, 3.63) is 89.2 Å². The van der Waals surface area contributed by atoms with Crippen LogP contribution in [0.15, 0.2) is 83.6 Å². The van der Waals surface area contributed by atoms with E-state index in [0.717, 1.165) is 26.3 Å². The highest BCUT2D eigenvalue weighted by atomic mass is 79.9. The number of hydrogen-bond donors (Lipinski definition) is 1. The molecule has 0 atom stereocenters. The Labute approximate surface area is 190 Å². The average Bonchev–Trinajstić information content (AvgIpc) is 2.83. The van der Waals surface area contributed by atoms with E-state index < -0.39 is 0 Å². The van der Waals surface area contributed by atoms with Gasteiger partial charge in [0.05, 0.1) is 22.1 Å². The van der Waals surface area contributed by atoms with Crippen molar-refractivity contribution >= 4 is 71.4 Å². The van der Waals surface area contributed by atoms with Crippen LogP contribution in [0.4, 0.5) is 5.69 Å². The van der Waals surface area contributed by atoms with Gasteiger partial charge in [-0.2, -0.15) is 0 Å². The highest BCUT2D eigenvalue weighted by molar-refractivity contribution is 9.10. The van der Waals surface area contributed by atoms with Gasteiger partial charge in [0.1, 0.15) is 11.0 Å². The molecule has 3 aromatic carbocycles. The molecule has 0 spiro atoms. The number of carbonyl (C=O) groups excluding carboxylic acids is 1. The van der Waals surface area contributed by atoms with E-state index in [1.54, 1.807) is 24.5 Å². The van der Waals surface area contributed by atoms with Crippen molar-refractivity contribution in [2.45, 2.75) is 0 Å². The number of hydrogen-bond acceptors (Lipinski definition) is 5. The Kier molecular flexibility index (Phi) is 4.29. The molecule has 0 aliphatic carbocycles. The van der Waals surface area contributed by atoms with Crippen molar-refractivity contribution in [3.8, 4) is 0 Å². The summed E-state index contributed by atoms with van der Waals surface area (Å²) in [5.41, 5.74) is 5.45. The highest BCUT2D eigenvalue weighted by Crippen LogP contribution is 2.31. The molecule has 32 heavy (non-hydrogen) atoms. The van der Waals surface area contributed by atoms with Crippen LogP contribution in [-0.4, -0.2) is 25.8 Å². The second kappa shape index (κ2) is 7.32. The molecule has 0 saturated heterocycles. The molecule has 0 bridgehead atoms. The molecule has 6 nitrogen and oxygen atoms in total. The molecule has 0 saturated carbocycles.